The summed E-state index contributed by atoms with van der Waals surface area (Å²) in [6.07, 6.45) is 1.52. The van der Waals surface area contributed by atoms with Gasteiger partial charge in [-0.25, -0.2) is 0 Å². The summed E-state index contributed by atoms with van der Waals surface area (Å²) in [6.45, 7) is 15.1. The van der Waals surface area contributed by atoms with E-state index in [2.05, 4.69) is 46.9 Å². The summed E-state index contributed by atoms with van der Waals surface area (Å²) >= 11 is 0. The quantitative estimate of drug-likeness (QED) is 0.633. The first-order valence-corrected chi connectivity index (χ1v) is 6.43. The van der Waals surface area contributed by atoms with Crippen molar-refractivity contribution in [3.63, 3.8) is 0 Å². The average Bonchev–Trinajstić information content (AvgIpc) is 2.14. The predicted octanol–water partition coefficient (Wildman–Crippen LogP) is 2.64. The number of hydrogen-bond acceptors (Lipinski definition) is 3. The van der Waals surface area contributed by atoms with Crippen LogP contribution >= 0.6 is 0 Å². The molecule has 0 radical (unpaired) electrons. The van der Waals surface area contributed by atoms with Gasteiger partial charge in [0.1, 0.15) is 6.29 Å². The van der Waals surface area contributed by atoms with Gasteiger partial charge in [0.25, 0.3) is 0 Å². The van der Waals surface area contributed by atoms with E-state index in [1.54, 1.807) is 0 Å². The van der Waals surface area contributed by atoms with Crippen LogP contribution in [0.15, 0.2) is 0 Å². The first kappa shape index (κ1) is 16.6. The lowest BCUT2D eigenvalue weighted by atomic mass is 9.90. The smallest absolute Gasteiger partial charge is 0.120 e. The summed E-state index contributed by atoms with van der Waals surface area (Å²) < 4.78 is 5.75. The van der Waals surface area contributed by atoms with E-state index in [4.69, 9.17) is 4.74 Å². The van der Waals surface area contributed by atoms with Crippen LogP contribution in [0.1, 0.15) is 48.0 Å². The molecule has 3 heteroatoms. The van der Waals surface area contributed by atoms with Crippen molar-refractivity contribution in [2.75, 3.05) is 19.8 Å². The third-order valence-electron chi connectivity index (χ3n) is 2.61. The van der Waals surface area contributed by atoms with E-state index < -0.39 is 0 Å². The van der Waals surface area contributed by atoms with Crippen molar-refractivity contribution in [1.29, 1.82) is 0 Å². The van der Waals surface area contributed by atoms with Crippen LogP contribution in [-0.4, -0.2) is 32.1 Å². The molecular formula is C14H29NO2. The number of rotatable bonds is 9. The van der Waals surface area contributed by atoms with Crippen molar-refractivity contribution in [2.45, 2.75) is 54.0 Å². The summed E-state index contributed by atoms with van der Waals surface area (Å²) in [7, 11) is 0. The molecule has 17 heavy (non-hydrogen) atoms. The fourth-order valence-electron chi connectivity index (χ4n) is 1.42. The minimum atomic E-state index is -0.0523. The maximum atomic E-state index is 10.5. The SMILES string of the molecule is CC(C)NCC(C)(C)COCC(C)(C)CC=O. The predicted molar refractivity (Wildman–Crippen MR) is 72.2 cm³/mol. The second-order valence-corrected chi connectivity index (χ2v) is 6.73. The lowest BCUT2D eigenvalue weighted by Crippen LogP contribution is -2.37. The van der Waals surface area contributed by atoms with Crippen molar-refractivity contribution >= 4 is 6.29 Å². The van der Waals surface area contributed by atoms with E-state index in [0.717, 1.165) is 19.4 Å². The molecule has 0 bridgehead atoms. The highest BCUT2D eigenvalue weighted by Crippen LogP contribution is 2.21. The minimum Gasteiger partial charge on any atom is -0.380 e. The molecule has 102 valence electrons. The molecule has 0 fully saturated rings. The summed E-state index contributed by atoms with van der Waals surface area (Å²) in [5, 5.41) is 3.42. The van der Waals surface area contributed by atoms with Crippen molar-refractivity contribution in [1.82, 2.24) is 5.32 Å². The molecule has 0 spiro atoms. The first-order chi connectivity index (χ1) is 7.68. The van der Waals surface area contributed by atoms with Crippen molar-refractivity contribution in [3.05, 3.63) is 0 Å². The molecule has 0 aliphatic rings. The van der Waals surface area contributed by atoms with Gasteiger partial charge in [0.15, 0.2) is 0 Å². The Morgan fingerprint density at radius 3 is 2.12 bits per heavy atom. The molecule has 1 N–H and O–H groups in total. The van der Waals surface area contributed by atoms with Crippen LogP contribution in [0, 0.1) is 10.8 Å². The zero-order chi connectivity index (χ0) is 13.5. The lowest BCUT2D eigenvalue weighted by Gasteiger charge is -2.29. The zero-order valence-electron chi connectivity index (χ0n) is 12.3. The minimum absolute atomic E-state index is 0.0523. The Morgan fingerprint density at radius 2 is 1.65 bits per heavy atom. The van der Waals surface area contributed by atoms with Gasteiger partial charge in [0.05, 0.1) is 13.2 Å². The van der Waals surface area contributed by atoms with Crippen LogP contribution in [0.5, 0.6) is 0 Å². The second-order valence-electron chi connectivity index (χ2n) is 6.73. The first-order valence-electron chi connectivity index (χ1n) is 6.43. The highest BCUT2D eigenvalue weighted by molar-refractivity contribution is 5.50. The molecule has 0 unspecified atom stereocenters. The number of hydrogen-bond donors (Lipinski definition) is 1. The number of ether oxygens (including phenoxy) is 1. The van der Waals surface area contributed by atoms with Crippen LogP contribution in [0.3, 0.4) is 0 Å². The van der Waals surface area contributed by atoms with E-state index in [1.165, 1.54) is 0 Å². The van der Waals surface area contributed by atoms with Gasteiger partial charge in [-0.1, -0.05) is 41.5 Å². The van der Waals surface area contributed by atoms with Crippen LogP contribution in [0.4, 0.5) is 0 Å². The molecule has 0 rings (SSSR count). The van der Waals surface area contributed by atoms with Gasteiger partial charge < -0.3 is 14.8 Å². The third kappa shape index (κ3) is 9.31. The van der Waals surface area contributed by atoms with Gasteiger partial charge in [0.2, 0.25) is 0 Å². The Bertz CT molecular complexity index is 222. The number of nitrogens with one attached hydrogen (secondary N) is 1. The molecule has 0 aromatic rings. The molecule has 0 saturated carbocycles. The van der Waals surface area contributed by atoms with E-state index >= 15 is 0 Å². The average molecular weight is 243 g/mol. The molecular weight excluding hydrogens is 214 g/mol. The van der Waals surface area contributed by atoms with Gasteiger partial charge in [-0.05, 0) is 5.41 Å². The Labute approximate surface area is 106 Å². The van der Waals surface area contributed by atoms with Crippen LogP contribution < -0.4 is 5.32 Å². The molecule has 0 amide bonds. The normalized spacial score (nSPS) is 13.1. The summed E-state index contributed by atoms with van der Waals surface area (Å²) in [4.78, 5) is 10.5. The van der Waals surface area contributed by atoms with E-state index in [9.17, 15) is 4.79 Å². The highest BCUT2D eigenvalue weighted by atomic mass is 16.5. The number of carbonyl (C=O) groups excluding carboxylic acids is 1. The van der Waals surface area contributed by atoms with Crippen molar-refractivity contribution in [3.8, 4) is 0 Å². The molecule has 0 aromatic carbocycles. The molecule has 0 saturated heterocycles. The Balaban J connectivity index is 3.89. The van der Waals surface area contributed by atoms with Crippen LogP contribution in [0.2, 0.25) is 0 Å². The fraction of sp³-hybridized carbons (Fsp3) is 0.929. The molecule has 0 atom stereocenters. The Kier molecular flexibility index (Phi) is 6.95. The van der Waals surface area contributed by atoms with Gasteiger partial charge in [-0.3, -0.25) is 0 Å². The molecule has 0 aliphatic carbocycles. The maximum absolute atomic E-state index is 10.5. The summed E-state index contributed by atoms with van der Waals surface area (Å²) in [6, 6.07) is 0.501. The van der Waals surface area contributed by atoms with E-state index in [1.807, 2.05) is 0 Å². The van der Waals surface area contributed by atoms with Gasteiger partial charge in [-0.2, -0.15) is 0 Å². The summed E-state index contributed by atoms with van der Waals surface area (Å²) in [5.41, 5.74) is 0.0742. The van der Waals surface area contributed by atoms with E-state index in [0.29, 0.717) is 19.1 Å². The van der Waals surface area contributed by atoms with Gasteiger partial charge >= 0.3 is 0 Å². The fourth-order valence-corrected chi connectivity index (χ4v) is 1.42. The van der Waals surface area contributed by atoms with Crippen LogP contribution in [0.25, 0.3) is 0 Å². The Hall–Kier alpha value is -0.410. The summed E-state index contributed by atoms with van der Waals surface area (Å²) in [5.74, 6) is 0. The van der Waals surface area contributed by atoms with Crippen molar-refractivity contribution < 1.29 is 9.53 Å². The molecule has 0 aliphatic heterocycles. The Morgan fingerprint density at radius 1 is 1.12 bits per heavy atom. The number of aldehydes is 1. The number of carbonyl (C=O) groups is 1. The topological polar surface area (TPSA) is 38.3 Å². The second kappa shape index (κ2) is 7.12. The van der Waals surface area contributed by atoms with Gasteiger partial charge in [-0.15, -0.1) is 0 Å². The van der Waals surface area contributed by atoms with Gasteiger partial charge in [0, 0.05) is 24.4 Å². The third-order valence-corrected chi connectivity index (χ3v) is 2.61. The molecule has 3 nitrogen and oxygen atoms in total. The largest absolute Gasteiger partial charge is 0.380 e. The monoisotopic (exact) mass is 243 g/mol. The standard InChI is InChI=1S/C14H29NO2/c1-12(2)15-9-14(5,6)11-17-10-13(3,4)7-8-16/h8,12,15H,7,9-11H2,1-6H3. The molecule has 0 heterocycles. The molecule has 0 aromatic heterocycles. The lowest BCUT2D eigenvalue weighted by molar-refractivity contribution is -0.110. The van der Waals surface area contributed by atoms with E-state index in [-0.39, 0.29) is 10.8 Å². The van der Waals surface area contributed by atoms with Crippen LogP contribution in [-0.2, 0) is 9.53 Å². The highest BCUT2D eigenvalue weighted by Gasteiger charge is 2.22. The zero-order valence-corrected chi connectivity index (χ0v) is 12.3. The van der Waals surface area contributed by atoms with Crippen molar-refractivity contribution in [2.24, 2.45) is 10.8 Å². The maximum Gasteiger partial charge on any atom is 0.120 e.